The van der Waals surface area contributed by atoms with Crippen LogP contribution in [0, 0.1) is 19.3 Å². The molecule has 1 aliphatic carbocycles. The van der Waals surface area contributed by atoms with Gasteiger partial charge >= 0.3 is 0 Å². The van der Waals surface area contributed by atoms with Gasteiger partial charge in [-0.25, -0.2) is 0 Å². The monoisotopic (exact) mass is 364 g/mol. The van der Waals surface area contributed by atoms with Gasteiger partial charge in [-0.3, -0.25) is 9.59 Å². The zero-order valence-electron chi connectivity index (χ0n) is 16.8. The molecular formula is C23H28N2O2. The summed E-state index contributed by atoms with van der Waals surface area (Å²) in [7, 11) is 0. The number of aryl methyl sites for hydroxylation is 2. The number of rotatable bonds is 4. The summed E-state index contributed by atoms with van der Waals surface area (Å²) in [5, 5.41) is 5.98. The van der Waals surface area contributed by atoms with Gasteiger partial charge in [0.25, 0.3) is 0 Å². The van der Waals surface area contributed by atoms with Gasteiger partial charge in [0.05, 0.1) is 0 Å². The van der Waals surface area contributed by atoms with Crippen molar-refractivity contribution in [3.05, 3.63) is 59.2 Å². The molecule has 0 radical (unpaired) electrons. The van der Waals surface area contributed by atoms with Crippen molar-refractivity contribution < 1.29 is 9.59 Å². The fourth-order valence-electron chi connectivity index (χ4n) is 3.28. The van der Waals surface area contributed by atoms with Crippen LogP contribution in [0.1, 0.15) is 50.3 Å². The van der Waals surface area contributed by atoms with Crippen LogP contribution in [0.5, 0.6) is 0 Å². The normalized spacial score (nSPS) is 15.1. The molecule has 0 bridgehead atoms. The number of carbonyl (C=O) groups excluding carboxylic acids is 2. The smallest absolute Gasteiger partial charge is 0.240 e. The van der Waals surface area contributed by atoms with Crippen molar-refractivity contribution in [1.82, 2.24) is 0 Å². The van der Waals surface area contributed by atoms with Crippen molar-refractivity contribution in [3.8, 4) is 0 Å². The molecule has 1 aliphatic rings. The predicted octanol–water partition coefficient (Wildman–Crippen LogP) is 4.96. The summed E-state index contributed by atoms with van der Waals surface area (Å²) >= 11 is 0. The summed E-state index contributed by atoms with van der Waals surface area (Å²) in [4.78, 5) is 25.9. The van der Waals surface area contributed by atoms with Crippen molar-refractivity contribution in [2.75, 3.05) is 10.6 Å². The quantitative estimate of drug-likeness (QED) is 0.754. The molecule has 4 heteroatoms. The molecule has 0 spiro atoms. The summed E-state index contributed by atoms with van der Waals surface area (Å²) in [6.07, 6.45) is 1.15. The highest BCUT2D eigenvalue weighted by Crippen LogP contribution is 2.48. The molecule has 1 fully saturated rings. The van der Waals surface area contributed by atoms with Crippen LogP contribution in [-0.4, -0.2) is 11.8 Å². The van der Waals surface area contributed by atoms with Crippen molar-refractivity contribution in [2.45, 2.75) is 52.9 Å². The van der Waals surface area contributed by atoms with Crippen LogP contribution in [0.2, 0.25) is 0 Å². The minimum atomic E-state index is -0.971. The molecule has 1 saturated carbocycles. The maximum absolute atomic E-state index is 13.0. The molecule has 3 rings (SSSR count). The van der Waals surface area contributed by atoms with Crippen LogP contribution < -0.4 is 10.6 Å². The minimum Gasteiger partial charge on any atom is -0.325 e. The third-order valence-electron chi connectivity index (χ3n) is 5.24. The van der Waals surface area contributed by atoms with Crippen molar-refractivity contribution >= 4 is 23.2 Å². The molecule has 142 valence electrons. The molecule has 0 saturated heterocycles. The van der Waals surface area contributed by atoms with Crippen LogP contribution in [0.15, 0.2) is 42.5 Å². The Labute approximate surface area is 161 Å². The fraction of sp³-hybridized carbons (Fsp3) is 0.391. The molecule has 2 amide bonds. The van der Waals surface area contributed by atoms with Crippen LogP contribution in [0.4, 0.5) is 11.4 Å². The Morgan fingerprint density at radius 1 is 0.889 bits per heavy atom. The van der Waals surface area contributed by atoms with Gasteiger partial charge in [0.2, 0.25) is 11.8 Å². The molecule has 27 heavy (non-hydrogen) atoms. The first-order chi connectivity index (χ1) is 12.6. The zero-order chi connectivity index (χ0) is 19.8. The van der Waals surface area contributed by atoms with Crippen LogP contribution >= 0.6 is 0 Å². The first-order valence-electron chi connectivity index (χ1n) is 9.43. The van der Waals surface area contributed by atoms with E-state index in [-0.39, 0.29) is 17.2 Å². The summed E-state index contributed by atoms with van der Waals surface area (Å²) in [6, 6.07) is 13.7. The largest absolute Gasteiger partial charge is 0.325 e. The number of nitrogens with one attached hydrogen (secondary N) is 2. The summed E-state index contributed by atoms with van der Waals surface area (Å²) in [5.74, 6) is -0.441. The SMILES string of the molecule is Cc1ccc(C)c(NC(=O)C2(C(=O)Nc3ccccc3C(C)(C)C)CC2)c1. The Morgan fingerprint density at radius 3 is 2.07 bits per heavy atom. The Kier molecular flexibility index (Phi) is 4.85. The van der Waals surface area contributed by atoms with E-state index in [1.165, 1.54) is 0 Å². The van der Waals surface area contributed by atoms with E-state index >= 15 is 0 Å². The molecule has 2 N–H and O–H groups in total. The molecule has 0 unspecified atom stereocenters. The Bertz CT molecular complexity index is 889. The fourth-order valence-corrected chi connectivity index (χ4v) is 3.28. The van der Waals surface area contributed by atoms with Gasteiger partial charge in [0, 0.05) is 11.4 Å². The number of para-hydroxylation sites is 1. The molecular weight excluding hydrogens is 336 g/mol. The number of benzene rings is 2. The van der Waals surface area contributed by atoms with E-state index in [1.807, 2.05) is 56.3 Å². The average molecular weight is 364 g/mol. The topological polar surface area (TPSA) is 58.2 Å². The van der Waals surface area contributed by atoms with E-state index in [2.05, 4.69) is 31.4 Å². The molecule has 0 aromatic heterocycles. The lowest BCUT2D eigenvalue weighted by molar-refractivity contribution is -0.131. The third-order valence-corrected chi connectivity index (χ3v) is 5.24. The van der Waals surface area contributed by atoms with Crippen molar-refractivity contribution in [2.24, 2.45) is 5.41 Å². The highest BCUT2D eigenvalue weighted by Gasteiger charge is 2.56. The summed E-state index contributed by atoms with van der Waals surface area (Å²) in [5.41, 5.74) is 3.61. The van der Waals surface area contributed by atoms with E-state index < -0.39 is 5.41 Å². The maximum atomic E-state index is 13.0. The predicted molar refractivity (Wildman–Crippen MR) is 110 cm³/mol. The summed E-state index contributed by atoms with van der Waals surface area (Å²) < 4.78 is 0. The second-order valence-electron chi connectivity index (χ2n) is 8.60. The van der Waals surface area contributed by atoms with Crippen LogP contribution in [-0.2, 0) is 15.0 Å². The minimum absolute atomic E-state index is 0.0957. The van der Waals surface area contributed by atoms with Gasteiger partial charge in [-0.15, -0.1) is 0 Å². The van der Waals surface area contributed by atoms with E-state index in [0.717, 1.165) is 28.1 Å². The van der Waals surface area contributed by atoms with Crippen molar-refractivity contribution in [1.29, 1.82) is 0 Å². The molecule has 0 heterocycles. The number of hydrogen-bond acceptors (Lipinski definition) is 2. The van der Waals surface area contributed by atoms with Gasteiger partial charge < -0.3 is 10.6 Å². The van der Waals surface area contributed by atoms with E-state index in [1.54, 1.807) is 0 Å². The second-order valence-corrected chi connectivity index (χ2v) is 8.60. The lowest BCUT2D eigenvalue weighted by Gasteiger charge is -2.24. The standard InChI is InChI=1S/C23H28N2O2/c1-15-10-11-16(2)19(14-15)25-21(27)23(12-13-23)20(26)24-18-9-7-6-8-17(18)22(3,4)5/h6-11,14H,12-13H2,1-5H3,(H,24,26)(H,25,27). The van der Waals surface area contributed by atoms with Gasteiger partial charge in [0.15, 0.2) is 0 Å². The first kappa shape index (κ1) is 19.2. The first-order valence-corrected chi connectivity index (χ1v) is 9.43. The Balaban J connectivity index is 1.79. The molecule has 2 aromatic carbocycles. The Morgan fingerprint density at radius 2 is 1.48 bits per heavy atom. The molecule has 0 atom stereocenters. The second kappa shape index (κ2) is 6.84. The maximum Gasteiger partial charge on any atom is 0.240 e. The highest BCUT2D eigenvalue weighted by atomic mass is 16.2. The highest BCUT2D eigenvalue weighted by molar-refractivity contribution is 6.17. The lowest BCUT2D eigenvalue weighted by Crippen LogP contribution is -2.36. The number of hydrogen-bond donors (Lipinski definition) is 2. The van der Waals surface area contributed by atoms with Crippen molar-refractivity contribution in [3.63, 3.8) is 0 Å². The van der Waals surface area contributed by atoms with Crippen LogP contribution in [0.3, 0.4) is 0 Å². The van der Waals surface area contributed by atoms with Gasteiger partial charge in [-0.1, -0.05) is 51.1 Å². The van der Waals surface area contributed by atoms with Gasteiger partial charge in [-0.05, 0) is 60.9 Å². The molecule has 4 nitrogen and oxygen atoms in total. The van der Waals surface area contributed by atoms with E-state index in [4.69, 9.17) is 0 Å². The summed E-state index contributed by atoms with van der Waals surface area (Å²) in [6.45, 7) is 10.3. The number of carbonyl (C=O) groups is 2. The number of amides is 2. The third kappa shape index (κ3) is 3.90. The van der Waals surface area contributed by atoms with Gasteiger partial charge in [0.1, 0.15) is 5.41 Å². The van der Waals surface area contributed by atoms with Gasteiger partial charge in [-0.2, -0.15) is 0 Å². The average Bonchev–Trinajstić information content (AvgIpc) is 3.39. The van der Waals surface area contributed by atoms with Crippen LogP contribution in [0.25, 0.3) is 0 Å². The van der Waals surface area contributed by atoms with E-state index in [9.17, 15) is 9.59 Å². The number of anilines is 2. The van der Waals surface area contributed by atoms with E-state index in [0.29, 0.717) is 12.8 Å². The molecule has 0 aliphatic heterocycles. The lowest BCUT2D eigenvalue weighted by atomic mass is 9.85. The zero-order valence-corrected chi connectivity index (χ0v) is 16.8. The molecule has 2 aromatic rings. The Hall–Kier alpha value is -2.62.